The van der Waals surface area contributed by atoms with E-state index in [0.717, 1.165) is 17.7 Å². The van der Waals surface area contributed by atoms with E-state index in [1.807, 2.05) is 0 Å². The molecule has 120 valence electrons. The molecule has 0 aromatic heterocycles. The van der Waals surface area contributed by atoms with E-state index in [2.05, 4.69) is 5.32 Å². The first-order chi connectivity index (χ1) is 10.9. The van der Waals surface area contributed by atoms with Crippen LogP contribution in [0.1, 0.15) is 36.9 Å². The van der Waals surface area contributed by atoms with Crippen LogP contribution in [-0.2, 0) is 10.2 Å². The fourth-order valence-corrected chi connectivity index (χ4v) is 2.74. The highest BCUT2D eigenvalue weighted by molar-refractivity contribution is 5.91. The Kier molecular flexibility index (Phi) is 3.88. The molecule has 1 atom stereocenters. The number of rotatable bonds is 4. The molecule has 1 aliphatic carbocycles. The molecular formula is C18H16F3NO. The maximum Gasteiger partial charge on any atom is 0.231 e. The van der Waals surface area contributed by atoms with Gasteiger partial charge < -0.3 is 5.32 Å². The third-order valence-corrected chi connectivity index (χ3v) is 4.37. The number of carbonyl (C=O) groups is 1. The van der Waals surface area contributed by atoms with E-state index < -0.39 is 23.1 Å². The van der Waals surface area contributed by atoms with Crippen molar-refractivity contribution >= 4 is 5.91 Å². The topological polar surface area (TPSA) is 29.1 Å². The van der Waals surface area contributed by atoms with Crippen LogP contribution in [0, 0.1) is 17.5 Å². The molecule has 1 saturated carbocycles. The Morgan fingerprint density at radius 3 is 2.26 bits per heavy atom. The average molecular weight is 319 g/mol. The molecule has 0 saturated heterocycles. The second kappa shape index (κ2) is 5.72. The summed E-state index contributed by atoms with van der Waals surface area (Å²) in [6, 6.07) is 9.02. The highest BCUT2D eigenvalue weighted by atomic mass is 19.2. The maximum absolute atomic E-state index is 13.3. The third-order valence-electron chi connectivity index (χ3n) is 4.37. The summed E-state index contributed by atoms with van der Waals surface area (Å²) in [5.74, 6) is -2.39. The summed E-state index contributed by atoms with van der Waals surface area (Å²) in [6.45, 7) is 1.71. The van der Waals surface area contributed by atoms with Gasteiger partial charge in [-0.05, 0) is 55.2 Å². The largest absolute Gasteiger partial charge is 0.349 e. The van der Waals surface area contributed by atoms with Crippen LogP contribution in [0.5, 0.6) is 0 Å². The summed E-state index contributed by atoms with van der Waals surface area (Å²) in [4.78, 5) is 12.6. The normalized spacial score (nSPS) is 16.7. The summed E-state index contributed by atoms with van der Waals surface area (Å²) in [7, 11) is 0. The van der Waals surface area contributed by atoms with Crippen molar-refractivity contribution in [2.45, 2.75) is 31.2 Å². The number of halogens is 3. The fourth-order valence-electron chi connectivity index (χ4n) is 2.74. The number of nitrogens with one attached hydrogen (secondary N) is 1. The van der Waals surface area contributed by atoms with Crippen molar-refractivity contribution < 1.29 is 18.0 Å². The SMILES string of the molecule is CC(NC(=O)C1(c2ccc(F)cc2)CC1)c1ccc(F)c(F)c1. The van der Waals surface area contributed by atoms with Gasteiger partial charge in [-0.3, -0.25) is 4.79 Å². The van der Waals surface area contributed by atoms with Crippen molar-refractivity contribution in [1.29, 1.82) is 0 Å². The predicted octanol–water partition coefficient (Wildman–Crippen LogP) is 4.01. The van der Waals surface area contributed by atoms with Crippen molar-refractivity contribution in [3.05, 3.63) is 71.0 Å². The van der Waals surface area contributed by atoms with Crippen LogP contribution in [-0.4, -0.2) is 5.91 Å². The Labute approximate surface area is 132 Å². The van der Waals surface area contributed by atoms with Crippen molar-refractivity contribution in [3.8, 4) is 0 Å². The van der Waals surface area contributed by atoms with Gasteiger partial charge in [-0.25, -0.2) is 13.2 Å². The van der Waals surface area contributed by atoms with Crippen molar-refractivity contribution in [2.24, 2.45) is 0 Å². The number of hydrogen-bond donors (Lipinski definition) is 1. The quantitative estimate of drug-likeness (QED) is 0.906. The van der Waals surface area contributed by atoms with Crippen molar-refractivity contribution in [3.63, 3.8) is 0 Å². The molecule has 23 heavy (non-hydrogen) atoms. The smallest absolute Gasteiger partial charge is 0.231 e. The predicted molar refractivity (Wildman–Crippen MR) is 80.2 cm³/mol. The molecule has 0 spiro atoms. The molecule has 2 aromatic rings. The van der Waals surface area contributed by atoms with Gasteiger partial charge in [0, 0.05) is 0 Å². The molecule has 0 heterocycles. The van der Waals surface area contributed by atoms with Crippen LogP contribution < -0.4 is 5.32 Å². The Hall–Kier alpha value is -2.30. The van der Waals surface area contributed by atoms with Gasteiger partial charge in [0.25, 0.3) is 0 Å². The first-order valence-electron chi connectivity index (χ1n) is 7.44. The zero-order valence-corrected chi connectivity index (χ0v) is 12.6. The van der Waals surface area contributed by atoms with Crippen molar-refractivity contribution in [2.75, 3.05) is 0 Å². The highest BCUT2D eigenvalue weighted by Crippen LogP contribution is 2.48. The van der Waals surface area contributed by atoms with Crippen molar-refractivity contribution in [1.82, 2.24) is 5.32 Å². The van der Waals surface area contributed by atoms with Crippen LogP contribution in [0.3, 0.4) is 0 Å². The van der Waals surface area contributed by atoms with Gasteiger partial charge in [0.1, 0.15) is 5.82 Å². The van der Waals surface area contributed by atoms with Gasteiger partial charge >= 0.3 is 0 Å². The van der Waals surface area contributed by atoms with E-state index in [1.165, 1.54) is 18.2 Å². The van der Waals surface area contributed by atoms with Gasteiger partial charge in [-0.1, -0.05) is 18.2 Å². The lowest BCUT2D eigenvalue weighted by atomic mass is 9.94. The molecule has 0 aliphatic heterocycles. The lowest BCUT2D eigenvalue weighted by Crippen LogP contribution is -2.36. The zero-order chi connectivity index (χ0) is 16.6. The molecule has 1 fully saturated rings. The standard InChI is InChI=1S/C18H16F3NO/c1-11(12-2-7-15(20)16(21)10-12)22-17(23)18(8-9-18)13-3-5-14(19)6-4-13/h2-7,10-11H,8-9H2,1H3,(H,22,23). The number of carbonyl (C=O) groups excluding carboxylic acids is 1. The third kappa shape index (κ3) is 2.96. The maximum atomic E-state index is 13.3. The first kappa shape index (κ1) is 15.6. The fraction of sp³-hybridized carbons (Fsp3) is 0.278. The van der Waals surface area contributed by atoms with Crippen LogP contribution >= 0.6 is 0 Å². The van der Waals surface area contributed by atoms with E-state index in [1.54, 1.807) is 19.1 Å². The molecule has 0 bridgehead atoms. The number of benzene rings is 2. The van der Waals surface area contributed by atoms with E-state index in [9.17, 15) is 18.0 Å². The average Bonchev–Trinajstić information content (AvgIpc) is 3.32. The van der Waals surface area contributed by atoms with Crippen LogP contribution in [0.15, 0.2) is 42.5 Å². The lowest BCUT2D eigenvalue weighted by Gasteiger charge is -2.20. The summed E-state index contributed by atoms with van der Waals surface area (Å²) < 4.78 is 39.3. The zero-order valence-electron chi connectivity index (χ0n) is 12.6. The Balaban J connectivity index is 1.75. The number of amides is 1. The van der Waals surface area contributed by atoms with Gasteiger partial charge in [0.15, 0.2) is 11.6 Å². The molecule has 1 unspecified atom stereocenters. The van der Waals surface area contributed by atoms with Gasteiger partial charge in [0.05, 0.1) is 11.5 Å². The second-order valence-corrected chi connectivity index (χ2v) is 5.96. The molecule has 1 amide bonds. The Bertz CT molecular complexity index is 738. The monoisotopic (exact) mass is 319 g/mol. The Morgan fingerprint density at radius 1 is 1.04 bits per heavy atom. The van der Waals surface area contributed by atoms with E-state index in [4.69, 9.17) is 0 Å². The minimum atomic E-state index is -0.941. The lowest BCUT2D eigenvalue weighted by molar-refractivity contribution is -0.124. The molecular weight excluding hydrogens is 303 g/mol. The molecule has 2 aromatic carbocycles. The van der Waals surface area contributed by atoms with E-state index in [-0.39, 0.29) is 11.7 Å². The number of hydrogen-bond acceptors (Lipinski definition) is 1. The van der Waals surface area contributed by atoms with Gasteiger partial charge in [0.2, 0.25) is 5.91 Å². The summed E-state index contributed by atoms with van der Waals surface area (Å²) in [5.41, 5.74) is 0.626. The second-order valence-electron chi connectivity index (χ2n) is 5.96. The molecule has 5 heteroatoms. The summed E-state index contributed by atoms with van der Waals surface area (Å²) in [5, 5.41) is 2.84. The summed E-state index contributed by atoms with van der Waals surface area (Å²) >= 11 is 0. The summed E-state index contributed by atoms with van der Waals surface area (Å²) in [6.07, 6.45) is 1.38. The van der Waals surface area contributed by atoms with Crippen LogP contribution in [0.2, 0.25) is 0 Å². The van der Waals surface area contributed by atoms with Gasteiger partial charge in [-0.15, -0.1) is 0 Å². The molecule has 2 nitrogen and oxygen atoms in total. The molecule has 1 aliphatic rings. The van der Waals surface area contributed by atoms with Crippen LogP contribution in [0.25, 0.3) is 0 Å². The first-order valence-corrected chi connectivity index (χ1v) is 7.44. The molecule has 0 radical (unpaired) electrons. The minimum Gasteiger partial charge on any atom is -0.349 e. The molecule has 1 N–H and O–H groups in total. The van der Waals surface area contributed by atoms with E-state index in [0.29, 0.717) is 18.4 Å². The highest BCUT2D eigenvalue weighted by Gasteiger charge is 2.51. The van der Waals surface area contributed by atoms with Gasteiger partial charge in [-0.2, -0.15) is 0 Å². The molecule has 3 rings (SSSR count). The Morgan fingerprint density at radius 2 is 1.70 bits per heavy atom. The van der Waals surface area contributed by atoms with Crippen LogP contribution in [0.4, 0.5) is 13.2 Å². The minimum absolute atomic E-state index is 0.179. The van der Waals surface area contributed by atoms with E-state index >= 15 is 0 Å².